The Balaban J connectivity index is 1.09. The number of rotatable bonds is 16. The van der Waals surface area contributed by atoms with Gasteiger partial charge in [0.25, 0.3) is 15.7 Å². The molecule has 0 radical (unpaired) electrons. The molecule has 0 aromatic heterocycles. The number of aliphatic hydroxyl groups is 1. The molecule has 0 aliphatic heterocycles. The Morgan fingerprint density at radius 1 is 0.907 bits per heavy atom. The van der Waals surface area contributed by atoms with E-state index in [1.165, 1.54) is 6.42 Å². The zero-order chi connectivity index (χ0) is 31.8. The van der Waals surface area contributed by atoms with Crippen LogP contribution in [-0.4, -0.2) is 42.3 Å². The first-order valence-corrected chi connectivity index (χ1v) is 18.2. The van der Waals surface area contributed by atoms with Crippen molar-refractivity contribution in [1.29, 1.82) is 0 Å². The number of alkyl halides is 6. The van der Waals surface area contributed by atoms with Crippen LogP contribution >= 0.6 is 0 Å². The minimum absolute atomic E-state index is 0.0626. The Morgan fingerprint density at radius 2 is 1.51 bits per heavy atom. The van der Waals surface area contributed by atoms with Crippen molar-refractivity contribution in [1.82, 2.24) is 0 Å². The molecule has 0 saturated heterocycles. The van der Waals surface area contributed by atoms with E-state index >= 15 is 0 Å². The van der Waals surface area contributed by atoms with E-state index in [1.807, 2.05) is 20.8 Å². The summed E-state index contributed by atoms with van der Waals surface area (Å²) in [6.07, 6.45) is 1.51. The van der Waals surface area contributed by atoms with Crippen LogP contribution in [-0.2, 0) is 14.3 Å². The summed E-state index contributed by atoms with van der Waals surface area (Å²) in [5.74, 6) is 0.514. The smallest absolute Gasteiger partial charge is 0.374 e. The third-order valence-electron chi connectivity index (χ3n) is 12.1. The zero-order valence-electron chi connectivity index (χ0n) is 26.0. The summed E-state index contributed by atoms with van der Waals surface area (Å²) in [7, 11) is -3.60. The summed E-state index contributed by atoms with van der Waals surface area (Å²) in [4.78, 5) is 0. The second kappa shape index (κ2) is 13.3. The van der Waals surface area contributed by atoms with Crippen LogP contribution in [0.15, 0.2) is 0 Å². The fourth-order valence-corrected chi connectivity index (χ4v) is 11.4. The Labute approximate surface area is 254 Å². The van der Waals surface area contributed by atoms with Crippen LogP contribution in [0.5, 0.6) is 0 Å². The topological polar surface area (TPSA) is 63.6 Å². The summed E-state index contributed by atoms with van der Waals surface area (Å²) >= 11 is 0. The van der Waals surface area contributed by atoms with Gasteiger partial charge < -0.3 is 5.11 Å². The van der Waals surface area contributed by atoms with Crippen LogP contribution in [0.25, 0.3) is 0 Å². The van der Waals surface area contributed by atoms with Gasteiger partial charge >= 0.3 is 12.4 Å². The van der Waals surface area contributed by atoms with Gasteiger partial charge in [-0.15, -0.1) is 0 Å². The molecular weight excluding hydrogens is 594 g/mol. The lowest BCUT2D eigenvalue weighted by molar-refractivity contribution is -0.373. The monoisotopic (exact) mass is 646 g/mol. The van der Waals surface area contributed by atoms with E-state index in [0.29, 0.717) is 43.4 Å². The summed E-state index contributed by atoms with van der Waals surface area (Å²) < 4.78 is 111. The second-order valence-corrected chi connectivity index (χ2v) is 16.6. The van der Waals surface area contributed by atoms with E-state index in [9.17, 15) is 39.9 Å². The number of halogens is 6. The predicted octanol–water partition coefficient (Wildman–Crippen LogP) is 9.36. The maximum Gasteiger partial charge on any atom is 0.426 e. The number of fused-ring (bicyclic) bond motifs is 4. The molecule has 4 nitrogen and oxygen atoms in total. The summed E-state index contributed by atoms with van der Waals surface area (Å²) in [5.41, 5.74) is -5.17. The number of unbranched alkanes of at least 4 members (excludes halogenated alkanes) is 6. The van der Waals surface area contributed by atoms with Crippen molar-refractivity contribution in [3.63, 3.8) is 0 Å². The lowest BCUT2D eigenvalue weighted by Crippen LogP contribution is -2.58. The first-order valence-electron chi connectivity index (χ1n) is 16.7. The minimum Gasteiger partial charge on any atom is -0.374 e. The van der Waals surface area contributed by atoms with Crippen LogP contribution in [0, 0.1) is 41.4 Å². The number of hydrogen-bond donors (Lipinski definition) is 1. The predicted molar refractivity (Wildman–Crippen MR) is 154 cm³/mol. The summed E-state index contributed by atoms with van der Waals surface area (Å²) in [5, 5.41) is 9.22. The highest BCUT2D eigenvalue weighted by atomic mass is 32.2. The van der Waals surface area contributed by atoms with Crippen molar-refractivity contribution in [2.24, 2.45) is 41.4 Å². The van der Waals surface area contributed by atoms with E-state index < -0.39 is 51.3 Å². The third-order valence-corrected chi connectivity index (χ3v) is 14.1. The van der Waals surface area contributed by atoms with Crippen molar-refractivity contribution >= 4 is 10.1 Å². The van der Waals surface area contributed by atoms with Crippen LogP contribution in [0.4, 0.5) is 26.3 Å². The van der Waals surface area contributed by atoms with Gasteiger partial charge in [0.1, 0.15) is 0 Å². The summed E-state index contributed by atoms with van der Waals surface area (Å²) in [6, 6.07) is 0. The van der Waals surface area contributed by atoms with Gasteiger partial charge in [0.15, 0.2) is 0 Å². The Morgan fingerprint density at radius 3 is 2.02 bits per heavy atom. The largest absolute Gasteiger partial charge is 0.426 e. The Bertz CT molecular complexity index is 1010. The van der Waals surface area contributed by atoms with Crippen molar-refractivity contribution < 1.29 is 44.0 Å². The van der Waals surface area contributed by atoms with Crippen molar-refractivity contribution in [3.8, 4) is 0 Å². The van der Waals surface area contributed by atoms with Gasteiger partial charge in [-0.05, 0) is 113 Å². The fourth-order valence-electron chi connectivity index (χ4n) is 9.63. The van der Waals surface area contributed by atoms with Crippen LogP contribution < -0.4 is 0 Å². The van der Waals surface area contributed by atoms with E-state index in [4.69, 9.17) is 4.18 Å². The molecule has 9 atom stereocenters. The van der Waals surface area contributed by atoms with Crippen LogP contribution in [0.1, 0.15) is 130 Å². The van der Waals surface area contributed by atoms with E-state index in [2.05, 4.69) is 0 Å². The molecule has 9 unspecified atom stereocenters. The van der Waals surface area contributed by atoms with Crippen molar-refractivity contribution in [2.45, 2.75) is 159 Å². The first-order chi connectivity index (χ1) is 19.9. The Kier molecular flexibility index (Phi) is 10.9. The number of hydrogen-bond acceptors (Lipinski definition) is 4. The van der Waals surface area contributed by atoms with Crippen molar-refractivity contribution in [2.75, 3.05) is 0 Å². The Hall–Kier alpha value is -0.550. The van der Waals surface area contributed by atoms with E-state index in [-0.39, 0.29) is 17.8 Å². The molecule has 1 N–H and O–H groups in total. The highest BCUT2D eigenvalue weighted by Crippen LogP contribution is 2.60. The lowest BCUT2D eigenvalue weighted by Gasteiger charge is -2.39. The molecule has 0 spiro atoms. The molecule has 4 aliphatic rings. The van der Waals surface area contributed by atoms with Gasteiger partial charge in [0.2, 0.25) is 0 Å². The highest BCUT2D eigenvalue weighted by Gasteiger charge is 2.71. The molecule has 43 heavy (non-hydrogen) atoms. The molecule has 252 valence electrons. The standard InChI is InChI=1S/C32H52F6O4S/c1-4-26(43(40,41)42-29(3)19-22-14-15-25(29)16-22)12-10-8-6-5-7-9-11-13-27-21(2)28-18-23(27)17-24(28)20-30(39,31(33,34)35)32(36,37)38/h21-28,39H,4-20H2,1-3H3. The maximum atomic E-state index is 13.2. The van der Waals surface area contributed by atoms with Gasteiger partial charge in [-0.3, -0.25) is 4.18 Å². The molecule has 0 heterocycles. The zero-order valence-corrected chi connectivity index (χ0v) is 26.8. The molecule has 0 aromatic carbocycles. The maximum absolute atomic E-state index is 13.2. The molecule has 4 fully saturated rings. The van der Waals surface area contributed by atoms with Gasteiger partial charge in [0.05, 0.1) is 10.9 Å². The molecule has 4 saturated carbocycles. The molecule has 4 bridgehead atoms. The molecule has 0 amide bonds. The van der Waals surface area contributed by atoms with Gasteiger partial charge in [-0.2, -0.15) is 34.8 Å². The van der Waals surface area contributed by atoms with Crippen LogP contribution in [0.3, 0.4) is 0 Å². The quantitative estimate of drug-likeness (QED) is 0.103. The third kappa shape index (κ3) is 7.55. The normalized spacial score (nSPS) is 35.3. The van der Waals surface area contributed by atoms with Crippen molar-refractivity contribution in [3.05, 3.63) is 0 Å². The van der Waals surface area contributed by atoms with Gasteiger partial charge in [-0.1, -0.05) is 58.8 Å². The van der Waals surface area contributed by atoms with Gasteiger partial charge in [0, 0.05) is 0 Å². The minimum atomic E-state index is -5.74. The van der Waals surface area contributed by atoms with E-state index in [0.717, 1.165) is 70.6 Å². The van der Waals surface area contributed by atoms with E-state index in [1.54, 1.807) is 0 Å². The molecular formula is C32H52F6O4S. The average Bonchev–Trinajstić information content (AvgIpc) is 3.64. The van der Waals surface area contributed by atoms with Crippen LogP contribution in [0.2, 0.25) is 0 Å². The highest BCUT2D eigenvalue weighted by molar-refractivity contribution is 7.87. The average molecular weight is 647 g/mol. The van der Waals surface area contributed by atoms with Gasteiger partial charge in [-0.25, -0.2) is 0 Å². The molecule has 4 rings (SSSR count). The SMILES string of the molecule is CCC(CCCCCCCCCC1C2CC(CC(O)(C(F)(F)F)C(F)(F)F)C(C2)C1C)S(=O)(=O)OC1(C)CC2CCC1C2. The summed E-state index contributed by atoms with van der Waals surface area (Å²) in [6.45, 7) is 5.84. The lowest BCUT2D eigenvalue weighted by atomic mass is 9.70. The molecule has 4 aliphatic carbocycles. The molecule has 0 aromatic rings. The fraction of sp³-hybridized carbons (Fsp3) is 1.00. The second-order valence-electron chi connectivity index (χ2n) is 14.8. The molecule has 11 heteroatoms. The first kappa shape index (κ1) is 35.3.